The van der Waals surface area contributed by atoms with Gasteiger partial charge in [0.05, 0.1) is 0 Å². The topological polar surface area (TPSA) is 74.8 Å². The highest BCUT2D eigenvalue weighted by atomic mass is 16.2. The maximum Gasteiger partial charge on any atom is 0.321 e. The minimum absolute atomic E-state index is 0.199. The molecule has 1 aliphatic rings. The molecule has 2 rings (SSSR count). The van der Waals surface area contributed by atoms with Crippen LogP contribution in [0.3, 0.4) is 0 Å². The van der Waals surface area contributed by atoms with Gasteiger partial charge in [0.25, 0.3) is 5.91 Å². The molecule has 3 amide bonds. The van der Waals surface area contributed by atoms with Crippen molar-refractivity contribution in [2.24, 2.45) is 11.8 Å². The number of nitrogens with one attached hydrogen (secondary N) is 2. The van der Waals surface area contributed by atoms with Gasteiger partial charge < -0.3 is 10.6 Å². The third-order valence-electron chi connectivity index (χ3n) is 4.45. The quantitative estimate of drug-likeness (QED) is 0.674. The predicted octanol–water partition coefficient (Wildman–Crippen LogP) is 2.13. The largest absolute Gasteiger partial charge is 0.335 e. The molecule has 0 aliphatic heterocycles. The molecule has 0 unspecified atom stereocenters. The van der Waals surface area contributed by atoms with Gasteiger partial charge >= 0.3 is 6.03 Å². The Labute approximate surface area is 151 Å². The van der Waals surface area contributed by atoms with Crippen molar-refractivity contribution in [3.05, 3.63) is 35.4 Å². The van der Waals surface area contributed by atoms with Crippen LogP contribution in [0, 0.1) is 11.8 Å². The van der Waals surface area contributed by atoms with E-state index in [1.54, 1.807) is 0 Å². The molecule has 0 heterocycles. The molecule has 1 fully saturated rings. The average Bonchev–Trinajstić information content (AvgIpc) is 3.31. The standard InChI is InChI=1S/C20H31N3O2/c1-13(2)11-15-5-7-16(8-6-15)19(14(3)4)21-12-18(24)23-20(25)22-17-9-10-17/h5-8,13-14,17,19,21H,9-12H2,1-4H3,(H2,22,23,24,25)/p+1/t19-/m1/s1. The van der Waals surface area contributed by atoms with Gasteiger partial charge in [-0.1, -0.05) is 52.0 Å². The fraction of sp³-hybridized carbons (Fsp3) is 0.600. The van der Waals surface area contributed by atoms with Gasteiger partial charge in [-0.05, 0) is 30.7 Å². The van der Waals surface area contributed by atoms with E-state index in [0.717, 1.165) is 19.3 Å². The number of rotatable bonds is 8. The first-order valence-electron chi connectivity index (χ1n) is 9.37. The van der Waals surface area contributed by atoms with Crippen LogP contribution in [0.4, 0.5) is 4.79 Å². The lowest BCUT2D eigenvalue weighted by Crippen LogP contribution is -2.88. The maximum atomic E-state index is 12.0. The number of amides is 3. The smallest absolute Gasteiger partial charge is 0.321 e. The highest BCUT2D eigenvalue weighted by molar-refractivity contribution is 5.94. The Morgan fingerprint density at radius 2 is 1.76 bits per heavy atom. The lowest BCUT2D eigenvalue weighted by atomic mass is 9.94. The van der Waals surface area contributed by atoms with Crippen LogP contribution in [-0.2, 0) is 11.2 Å². The van der Waals surface area contributed by atoms with Crippen LogP contribution in [0.25, 0.3) is 0 Å². The minimum Gasteiger partial charge on any atom is -0.335 e. The van der Waals surface area contributed by atoms with Gasteiger partial charge in [0.1, 0.15) is 6.04 Å². The molecule has 0 radical (unpaired) electrons. The van der Waals surface area contributed by atoms with Crippen molar-refractivity contribution in [3.8, 4) is 0 Å². The van der Waals surface area contributed by atoms with Gasteiger partial charge in [-0.3, -0.25) is 10.1 Å². The first-order chi connectivity index (χ1) is 11.8. The maximum absolute atomic E-state index is 12.0. The van der Waals surface area contributed by atoms with Gasteiger partial charge in [0.2, 0.25) is 0 Å². The molecular weight excluding hydrogens is 314 g/mol. The molecule has 138 valence electrons. The molecule has 4 N–H and O–H groups in total. The Morgan fingerprint density at radius 3 is 2.28 bits per heavy atom. The summed E-state index contributed by atoms with van der Waals surface area (Å²) in [6.45, 7) is 8.99. The SMILES string of the molecule is CC(C)Cc1ccc([C@H]([NH2+]CC(=O)NC(=O)NC2CC2)C(C)C)cc1. The molecule has 1 aliphatic carbocycles. The second-order valence-corrected chi connectivity index (χ2v) is 7.85. The van der Waals surface area contributed by atoms with E-state index in [4.69, 9.17) is 0 Å². The normalized spacial score (nSPS) is 15.3. The summed E-state index contributed by atoms with van der Waals surface area (Å²) in [5.41, 5.74) is 2.56. The van der Waals surface area contributed by atoms with Crippen LogP contribution < -0.4 is 16.0 Å². The van der Waals surface area contributed by atoms with Crippen molar-refractivity contribution in [1.82, 2.24) is 10.6 Å². The zero-order valence-corrected chi connectivity index (χ0v) is 15.8. The summed E-state index contributed by atoms with van der Waals surface area (Å²) in [6, 6.07) is 8.77. The zero-order valence-electron chi connectivity index (χ0n) is 15.8. The Morgan fingerprint density at radius 1 is 1.12 bits per heavy atom. The second-order valence-electron chi connectivity index (χ2n) is 7.85. The molecule has 25 heavy (non-hydrogen) atoms. The first-order valence-corrected chi connectivity index (χ1v) is 9.37. The van der Waals surface area contributed by atoms with Crippen molar-refractivity contribution >= 4 is 11.9 Å². The third kappa shape index (κ3) is 6.86. The van der Waals surface area contributed by atoms with Crippen molar-refractivity contribution in [2.75, 3.05) is 6.54 Å². The van der Waals surface area contributed by atoms with E-state index in [2.05, 4.69) is 62.6 Å². The van der Waals surface area contributed by atoms with E-state index >= 15 is 0 Å². The van der Waals surface area contributed by atoms with E-state index in [0.29, 0.717) is 11.8 Å². The summed E-state index contributed by atoms with van der Waals surface area (Å²) in [7, 11) is 0. The predicted molar refractivity (Wildman–Crippen MR) is 99.1 cm³/mol. The van der Waals surface area contributed by atoms with Crippen LogP contribution in [0.15, 0.2) is 24.3 Å². The summed E-state index contributed by atoms with van der Waals surface area (Å²) >= 11 is 0. The van der Waals surface area contributed by atoms with E-state index in [1.807, 2.05) is 5.32 Å². The summed E-state index contributed by atoms with van der Waals surface area (Å²) in [6.07, 6.45) is 3.10. The summed E-state index contributed by atoms with van der Waals surface area (Å²) in [5.74, 6) is 0.785. The number of hydrogen-bond donors (Lipinski definition) is 3. The Bertz CT molecular complexity index is 577. The van der Waals surface area contributed by atoms with Crippen molar-refractivity contribution in [1.29, 1.82) is 0 Å². The van der Waals surface area contributed by atoms with Gasteiger partial charge in [0.15, 0.2) is 6.54 Å². The molecule has 0 bridgehead atoms. The average molecular weight is 346 g/mol. The Hall–Kier alpha value is -1.88. The molecule has 5 nitrogen and oxygen atoms in total. The number of benzene rings is 1. The number of carbonyl (C=O) groups excluding carboxylic acids is 2. The van der Waals surface area contributed by atoms with Crippen molar-refractivity contribution < 1.29 is 14.9 Å². The lowest BCUT2D eigenvalue weighted by molar-refractivity contribution is -0.692. The summed E-state index contributed by atoms with van der Waals surface area (Å²) in [5, 5.41) is 7.19. The fourth-order valence-electron chi connectivity index (χ4n) is 3.00. The lowest BCUT2D eigenvalue weighted by Gasteiger charge is -2.20. The van der Waals surface area contributed by atoms with E-state index in [1.165, 1.54) is 11.1 Å². The van der Waals surface area contributed by atoms with Crippen LogP contribution in [-0.4, -0.2) is 24.5 Å². The Balaban J connectivity index is 1.86. The highest BCUT2D eigenvalue weighted by Crippen LogP contribution is 2.19. The zero-order chi connectivity index (χ0) is 18.4. The molecular formula is C20H32N3O2+. The minimum atomic E-state index is -0.375. The van der Waals surface area contributed by atoms with Crippen LogP contribution in [0.2, 0.25) is 0 Å². The van der Waals surface area contributed by atoms with Gasteiger partial charge in [0, 0.05) is 17.5 Å². The number of nitrogens with two attached hydrogens (primary N) is 1. The van der Waals surface area contributed by atoms with Crippen LogP contribution >= 0.6 is 0 Å². The molecule has 1 aromatic carbocycles. The number of imide groups is 1. The van der Waals surface area contributed by atoms with E-state index in [9.17, 15) is 9.59 Å². The molecule has 0 aromatic heterocycles. The number of quaternary nitrogens is 1. The molecule has 1 saturated carbocycles. The molecule has 1 atom stereocenters. The van der Waals surface area contributed by atoms with Crippen LogP contribution in [0.5, 0.6) is 0 Å². The monoisotopic (exact) mass is 346 g/mol. The summed E-state index contributed by atoms with van der Waals surface area (Å²) < 4.78 is 0. The van der Waals surface area contributed by atoms with Crippen LogP contribution in [0.1, 0.15) is 57.7 Å². The summed E-state index contributed by atoms with van der Waals surface area (Å²) in [4.78, 5) is 23.6. The third-order valence-corrected chi connectivity index (χ3v) is 4.45. The number of hydrogen-bond acceptors (Lipinski definition) is 2. The highest BCUT2D eigenvalue weighted by Gasteiger charge is 2.25. The molecule has 1 aromatic rings. The van der Waals surface area contributed by atoms with E-state index in [-0.39, 0.29) is 30.6 Å². The second kappa shape index (κ2) is 8.99. The van der Waals surface area contributed by atoms with Gasteiger partial charge in [-0.25, -0.2) is 4.79 Å². The van der Waals surface area contributed by atoms with E-state index < -0.39 is 0 Å². The van der Waals surface area contributed by atoms with Gasteiger partial charge in [-0.15, -0.1) is 0 Å². The molecule has 0 saturated heterocycles. The number of carbonyl (C=O) groups is 2. The van der Waals surface area contributed by atoms with Crippen molar-refractivity contribution in [2.45, 2.75) is 59.0 Å². The first kappa shape index (κ1) is 19.4. The van der Waals surface area contributed by atoms with Gasteiger partial charge in [-0.2, -0.15) is 0 Å². The fourth-order valence-corrected chi connectivity index (χ4v) is 3.00. The molecule has 0 spiro atoms. The molecule has 5 heteroatoms. The van der Waals surface area contributed by atoms with Crippen molar-refractivity contribution in [3.63, 3.8) is 0 Å². The Kier molecular flexibility index (Phi) is 7.00. The number of urea groups is 1.